The lowest BCUT2D eigenvalue weighted by atomic mass is 10.2. The molecule has 0 bridgehead atoms. The van der Waals surface area contributed by atoms with Crippen molar-refractivity contribution in [2.45, 2.75) is 19.5 Å². The molecule has 110 valence electrons. The minimum atomic E-state index is 0.779. The van der Waals surface area contributed by atoms with Crippen molar-refractivity contribution >= 4 is 5.69 Å². The number of hydrogen-bond acceptors (Lipinski definition) is 4. The number of pyridine rings is 1. The fraction of sp³-hybridized carbons (Fsp3) is 0.353. The third kappa shape index (κ3) is 3.34. The van der Waals surface area contributed by atoms with Crippen LogP contribution in [0.4, 0.5) is 5.69 Å². The molecule has 0 amide bonds. The molecule has 3 rings (SSSR count). The summed E-state index contributed by atoms with van der Waals surface area (Å²) in [6.45, 7) is 3.39. The highest BCUT2D eigenvalue weighted by atomic mass is 16.5. The first-order valence-electron chi connectivity index (χ1n) is 7.43. The van der Waals surface area contributed by atoms with E-state index in [1.165, 1.54) is 0 Å². The molecular formula is C17H21N3O. The third-order valence-corrected chi connectivity index (χ3v) is 3.61. The van der Waals surface area contributed by atoms with Crippen molar-refractivity contribution in [2.24, 2.45) is 0 Å². The van der Waals surface area contributed by atoms with Gasteiger partial charge in [0.05, 0.1) is 30.2 Å². The van der Waals surface area contributed by atoms with E-state index in [-0.39, 0.29) is 0 Å². The quantitative estimate of drug-likeness (QED) is 0.936. The van der Waals surface area contributed by atoms with Crippen LogP contribution in [0.1, 0.15) is 17.8 Å². The topological polar surface area (TPSA) is 37.4 Å². The van der Waals surface area contributed by atoms with Gasteiger partial charge in [0.2, 0.25) is 0 Å². The van der Waals surface area contributed by atoms with Gasteiger partial charge in [-0.3, -0.25) is 4.98 Å². The number of nitrogens with zero attached hydrogens (tertiary/aromatic N) is 2. The minimum Gasteiger partial charge on any atom is -0.491 e. The van der Waals surface area contributed by atoms with E-state index in [1.54, 1.807) is 0 Å². The van der Waals surface area contributed by atoms with E-state index in [1.807, 2.05) is 19.2 Å². The number of benzene rings is 1. The Labute approximate surface area is 125 Å². The fourth-order valence-electron chi connectivity index (χ4n) is 2.66. The number of nitrogens with one attached hydrogen (secondary N) is 1. The summed E-state index contributed by atoms with van der Waals surface area (Å²) in [4.78, 5) is 7.07. The van der Waals surface area contributed by atoms with E-state index in [2.05, 4.69) is 40.5 Å². The molecule has 0 radical (unpaired) electrons. The van der Waals surface area contributed by atoms with Crippen LogP contribution in [0.3, 0.4) is 0 Å². The van der Waals surface area contributed by atoms with Crippen LogP contribution >= 0.6 is 0 Å². The van der Waals surface area contributed by atoms with Gasteiger partial charge in [0.25, 0.3) is 0 Å². The molecule has 4 nitrogen and oxygen atoms in total. The van der Waals surface area contributed by atoms with Crippen LogP contribution < -0.4 is 15.0 Å². The van der Waals surface area contributed by atoms with E-state index in [0.717, 1.165) is 55.5 Å². The van der Waals surface area contributed by atoms with Crippen LogP contribution in [0.2, 0.25) is 0 Å². The highest BCUT2D eigenvalue weighted by Gasteiger charge is 2.16. The van der Waals surface area contributed by atoms with Crippen molar-refractivity contribution in [2.75, 3.05) is 25.1 Å². The maximum atomic E-state index is 5.81. The molecule has 0 spiro atoms. The van der Waals surface area contributed by atoms with Crippen molar-refractivity contribution in [1.29, 1.82) is 0 Å². The molecule has 1 aliphatic rings. The van der Waals surface area contributed by atoms with Crippen LogP contribution in [-0.2, 0) is 13.1 Å². The molecule has 0 aliphatic carbocycles. The van der Waals surface area contributed by atoms with Crippen LogP contribution in [0.5, 0.6) is 5.75 Å². The Morgan fingerprint density at radius 3 is 2.90 bits per heavy atom. The second kappa shape index (κ2) is 6.59. The number of ether oxygens (including phenoxy) is 1. The lowest BCUT2D eigenvalue weighted by Crippen LogP contribution is -2.24. The van der Waals surface area contributed by atoms with Gasteiger partial charge in [-0.1, -0.05) is 18.2 Å². The SMILES string of the molecule is CNCc1cccc(CN2CCCOc3ccccc32)n1. The first-order valence-corrected chi connectivity index (χ1v) is 7.43. The van der Waals surface area contributed by atoms with Gasteiger partial charge in [0, 0.05) is 13.1 Å². The second-order valence-electron chi connectivity index (χ2n) is 5.24. The minimum absolute atomic E-state index is 0.779. The molecule has 4 heteroatoms. The number of anilines is 1. The van der Waals surface area contributed by atoms with E-state index in [9.17, 15) is 0 Å². The summed E-state index contributed by atoms with van der Waals surface area (Å²) in [6.07, 6.45) is 1.03. The number of aromatic nitrogens is 1. The van der Waals surface area contributed by atoms with Crippen molar-refractivity contribution in [3.63, 3.8) is 0 Å². The second-order valence-corrected chi connectivity index (χ2v) is 5.24. The Morgan fingerprint density at radius 1 is 1.14 bits per heavy atom. The zero-order valence-corrected chi connectivity index (χ0v) is 12.4. The van der Waals surface area contributed by atoms with Gasteiger partial charge in [-0.25, -0.2) is 0 Å². The molecule has 2 aromatic rings. The fourth-order valence-corrected chi connectivity index (χ4v) is 2.66. The lowest BCUT2D eigenvalue weighted by molar-refractivity contribution is 0.322. The summed E-state index contributed by atoms with van der Waals surface area (Å²) in [7, 11) is 1.94. The molecular weight excluding hydrogens is 262 g/mol. The average molecular weight is 283 g/mol. The van der Waals surface area contributed by atoms with Crippen LogP contribution in [-0.4, -0.2) is 25.2 Å². The molecule has 0 saturated heterocycles. The lowest BCUT2D eigenvalue weighted by Gasteiger charge is -2.23. The monoisotopic (exact) mass is 283 g/mol. The van der Waals surface area contributed by atoms with Crippen molar-refractivity contribution in [3.05, 3.63) is 53.9 Å². The van der Waals surface area contributed by atoms with E-state index in [0.29, 0.717) is 0 Å². The first kappa shape index (κ1) is 13.9. The van der Waals surface area contributed by atoms with Crippen molar-refractivity contribution < 1.29 is 4.74 Å². The number of hydrogen-bond donors (Lipinski definition) is 1. The summed E-state index contributed by atoms with van der Waals surface area (Å²) in [6, 6.07) is 14.5. The third-order valence-electron chi connectivity index (χ3n) is 3.61. The van der Waals surface area contributed by atoms with Crippen molar-refractivity contribution in [3.8, 4) is 5.75 Å². The predicted molar refractivity (Wildman–Crippen MR) is 84.6 cm³/mol. The molecule has 1 aromatic carbocycles. The summed E-state index contributed by atoms with van der Waals surface area (Å²) < 4.78 is 5.81. The molecule has 0 saturated carbocycles. The van der Waals surface area contributed by atoms with E-state index >= 15 is 0 Å². The number of rotatable bonds is 4. The highest BCUT2D eigenvalue weighted by Crippen LogP contribution is 2.31. The Morgan fingerprint density at radius 2 is 2.00 bits per heavy atom. The molecule has 1 aromatic heterocycles. The van der Waals surface area contributed by atoms with Crippen LogP contribution in [0.15, 0.2) is 42.5 Å². The normalized spacial score (nSPS) is 14.2. The average Bonchev–Trinajstić information content (AvgIpc) is 2.71. The van der Waals surface area contributed by atoms with Gasteiger partial charge in [-0.2, -0.15) is 0 Å². The molecule has 0 atom stereocenters. The molecule has 1 N–H and O–H groups in total. The van der Waals surface area contributed by atoms with E-state index in [4.69, 9.17) is 9.72 Å². The molecule has 0 fully saturated rings. The smallest absolute Gasteiger partial charge is 0.142 e. The first-order chi connectivity index (χ1) is 10.4. The molecule has 0 unspecified atom stereocenters. The highest BCUT2D eigenvalue weighted by molar-refractivity contribution is 5.59. The van der Waals surface area contributed by atoms with Gasteiger partial charge in [-0.15, -0.1) is 0 Å². The summed E-state index contributed by atoms with van der Waals surface area (Å²) in [5.41, 5.74) is 3.34. The molecule has 1 aliphatic heterocycles. The largest absolute Gasteiger partial charge is 0.491 e. The van der Waals surface area contributed by atoms with Crippen LogP contribution in [0, 0.1) is 0 Å². The van der Waals surface area contributed by atoms with Gasteiger partial charge < -0.3 is 15.0 Å². The van der Waals surface area contributed by atoms with Gasteiger partial charge >= 0.3 is 0 Å². The van der Waals surface area contributed by atoms with Gasteiger partial charge in [0.15, 0.2) is 0 Å². The Hall–Kier alpha value is -2.07. The Kier molecular flexibility index (Phi) is 4.36. The molecule has 21 heavy (non-hydrogen) atoms. The zero-order chi connectivity index (χ0) is 14.5. The summed E-state index contributed by atoms with van der Waals surface area (Å²) >= 11 is 0. The standard InChI is InChI=1S/C17H21N3O/c1-18-12-14-6-4-7-15(19-14)13-20-10-5-11-21-17-9-3-2-8-16(17)20/h2-4,6-9,18H,5,10-13H2,1H3. The Balaban J connectivity index is 1.82. The van der Waals surface area contributed by atoms with E-state index < -0.39 is 0 Å². The summed E-state index contributed by atoms with van der Waals surface area (Å²) in [5.74, 6) is 0.973. The maximum absolute atomic E-state index is 5.81. The Bertz CT molecular complexity index is 600. The van der Waals surface area contributed by atoms with Gasteiger partial charge in [0.1, 0.15) is 5.75 Å². The zero-order valence-electron chi connectivity index (χ0n) is 12.4. The number of fused-ring (bicyclic) bond motifs is 1. The summed E-state index contributed by atoms with van der Waals surface area (Å²) in [5, 5.41) is 3.14. The van der Waals surface area contributed by atoms with Gasteiger partial charge in [-0.05, 0) is 37.7 Å². The predicted octanol–water partition coefficient (Wildman–Crippen LogP) is 2.59. The molecule has 2 heterocycles. The number of para-hydroxylation sites is 2. The maximum Gasteiger partial charge on any atom is 0.142 e. The van der Waals surface area contributed by atoms with Crippen LogP contribution in [0.25, 0.3) is 0 Å². The van der Waals surface area contributed by atoms with Crippen molar-refractivity contribution in [1.82, 2.24) is 10.3 Å².